The Bertz CT molecular complexity index is 862. The van der Waals surface area contributed by atoms with E-state index in [1.807, 2.05) is 0 Å². The van der Waals surface area contributed by atoms with Crippen LogP contribution < -0.4 is 18.9 Å². The topological polar surface area (TPSA) is 54.0 Å². The monoisotopic (exact) mass is 390 g/mol. The van der Waals surface area contributed by atoms with Crippen molar-refractivity contribution in [1.29, 1.82) is 0 Å². The van der Waals surface area contributed by atoms with Gasteiger partial charge in [-0.05, 0) is 42.0 Å². The molecule has 0 aliphatic rings. The Kier molecular flexibility index (Phi) is 7.56. The van der Waals surface area contributed by atoms with Crippen molar-refractivity contribution in [3.05, 3.63) is 66.3 Å². The highest BCUT2D eigenvalue weighted by Gasteiger charge is 2.13. The summed E-state index contributed by atoms with van der Waals surface area (Å²) in [5.41, 5.74) is 0.994. The third kappa shape index (κ3) is 5.57. The van der Waals surface area contributed by atoms with Gasteiger partial charge in [0.25, 0.3) is 0 Å². The van der Waals surface area contributed by atoms with E-state index in [0.717, 1.165) is 5.56 Å². The van der Waals surface area contributed by atoms with Crippen LogP contribution in [0.3, 0.4) is 0 Å². The predicted octanol–water partition coefficient (Wildman–Crippen LogP) is 4.77. The molecule has 0 saturated heterocycles. The molecule has 2 aromatic carbocycles. The molecule has 2 rings (SSSR count). The fourth-order valence-electron chi connectivity index (χ4n) is 2.34. The number of carbonyl (C=O) groups is 1. The number of methoxy groups -OCH3 is 2. The standard InChI is InChI=1S/C21H20F2O5/c1-4-11-27-17-9-6-14(12-19(17)25-2)5-8-16(24)15-7-10-18(28-21(22)23)20(13-15)26-3/h4-10,12-13,21H,1,11H2,2-3H3/b8-5+. The highest BCUT2D eigenvalue weighted by Crippen LogP contribution is 2.30. The zero-order valence-electron chi connectivity index (χ0n) is 15.5. The van der Waals surface area contributed by atoms with Crippen molar-refractivity contribution in [3.63, 3.8) is 0 Å². The fraction of sp³-hybridized carbons (Fsp3) is 0.190. The Morgan fingerprint density at radius 1 is 1.04 bits per heavy atom. The van der Waals surface area contributed by atoms with Crippen LogP contribution in [0.25, 0.3) is 6.08 Å². The van der Waals surface area contributed by atoms with Gasteiger partial charge in [-0.2, -0.15) is 8.78 Å². The maximum Gasteiger partial charge on any atom is 0.387 e. The van der Waals surface area contributed by atoms with Crippen LogP contribution in [0.2, 0.25) is 0 Å². The average Bonchev–Trinajstić information content (AvgIpc) is 2.70. The second-order valence-electron chi connectivity index (χ2n) is 5.45. The summed E-state index contributed by atoms with van der Waals surface area (Å²) in [6, 6.07) is 9.22. The summed E-state index contributed by atoms with van der Waals surface area (Å²) >= 11 is 0. The van der Waals surface area contributed by atoms with E-state index in [0.29, 0.717) is 18.1 Å². The molecule has 0 saturated carbocycles. The van der Waals surface area contributed by atoms with E-state index >= 15 is 0 Å². The molecular formula is C21H20F2O5. The van der Waals surface area contributed by atoms with Crippen LogP contribution in [0.1, 0.15) is 15.9 Å². The smallest absolute Gasteiger partial charge is 0.387 e. The Hall–Kier alpha value is -3.35. The average molecular weight is 390 g/mol. The van der Waals surface area contributed by atoms with E-state index in [4.69, 9.17) is 14.2 Å². The molecule has 5 nitrogen and oxygen atoms in total. The van der Waals surface area contributed by atoms with Gasteiger partial charge in [0.05, 0.1) is 14.2 Å². The number of benzene rings is 2. The van der Waals surface area contributed by atoms with Crippen molar-refractivity contribution in [2.75, 3.05) is 20.8 Å². The Balaban J connectivity index is 2.17. The highest BCUT2D eigenvalue weighted by molar-refractivity contribution is 6.07. The zero-order chi connectivity index (χ0) is 20.5. The molecule has 0 aliphatic heterocycles. The van der Waals surface area contributed by atoms with Gasteiger partial charge in [0.15, 0.2) is 28.8 Å². The van der Waals surface area contributed by atoms with Gasteiger partial charge >= 0.3 is 6.61 Å². The van der Waals surface area contributed by atoms with E-state index in [2.05, 4.69) is 11.3 Å². The van der Waals surface area contributed by atoms with E-state index in [-0.39, 0.29) is 22.8 Å². The maximum atomic E-state index is 12.4. The maximum absolute atomic E-state index is 12.4. The molecule has 0 radical (unpaired) electrons. The summed E-state index contributed by atoms with van der Waals surface area (Å²) in [4.78, 5) is 12.4. The molecule has 0 aromatic heterocycles. The van der Waals surface area contributed by atoms with Gasteiger partial charge in [0.2, 0.25) is 0 Å². The largest absolute Gasteiger partial charge is 0.493 e. The summed E-state index contributed by atoms with van der Waals surface area (Å²) in [5, 5.41) is 0. The minimum Gasteiger partial charge on any atom is -0.493 e. The van der Waals surface area contributed by atoms with Crippen LogP contribution >= 0.6 is 0 Å². The molecule has 2 aromatic rings. The predicted molar refractivity (Wildman–Crippen MR) is 102 cm³/mol. The van der Waals surface area contributed by atoms with Crippen molar-refractivity contribution in [3.8, 4) is 23.0 Å². The Labute approximate surface area is 161 Å². The zero-order valence-corrected chi connectivity index (χ0v) is 15.5. The first kappa shape index (κ1) is 21.0. The molecule has 0 bridgehead atoms. The van der Waals surface area contributed by atoms with Gasteiger partial charge in [-0.15, -0.1) is 0 Å². The molecular weight excluding hydrogens is 370 g/mol. The van der Waals surface area contributed by atoms with Crippen LogP contribution in [0.4, 0.5) is 8.78 Å². The van der Waals surface area contributed by atoms with Crippen molar-refractivity contribution in [1.82, 2.24) is 0 Å². The van der Waals surface area contributed by atoms with Gasteiger partial charge in [0.1, 0.15) is 6.61 Å². The number of allylic oxidation sites excluding steroid dienone is 1. The minimum absolute atomic E-state index is 0.0462. The molecule has 28 heavy (non-hydrogen) atoms. The van der Waals surface area contributed by atoms with E-state index in [1.54, 1.807) is 30.4 Å². The second-order valence-corrected chi connectivity index (χ2v) is 5.45. The summed E-state index contributed by atoms with van der Waals surface area (Å²) in [6.45, 7) is 0.952. The Morgan fingerprint density at radius 2 is 1.71 bits per heavy atom. The molecule has 0 heterocycles. The Morgan fingerprint density at radius 3 is 2.36 bits per heavy atom. The molecule has 148 valence electrons. The van der Waals surface area contributed by atoms with Crippen LogP contribution in [-0.4, -0.2) is 33.2 Å². The lowest BCUT2D eigenvalue weighted by Gasteiger charge is -2.10. The van der Waals surface area contributed by atoms with Gasteiger partial charge in [-0.1, -0.05) is 24.8 Å². The normalized spacial score (nSPS) is 10.8. The number of hydrogen-bond donors (Lipinski definition) is 0. The van der Waals surface area contributed by atoms with Gasteiger partial charge < -0.3 is 18.9 Å². The van der Waals surface area contributed by atoms with Gasteiger partial charge in [-0.3, -0.25) is 4.79 Å². The number of carbonyl (C=O) groups excluding carboxylic acids is 1. The first-order chi connectivity index (χ1) is 13.5. The lowest BCUT2D eigenvalue weighted by Crippen LogP contribution is -2.04. The summed E-state index contributed by atoms with van der Waals surface area (Å²) < 4.78 is 44.9. The first-order valence-corrected chi connectivity index (χ1v) is 8.25. The highest BCUT2D eigenvalue weighted by atomic mass is 19.3. The number of alkyl halides is 2. The van der Waals surface area contributed by atoms with E-state index in [1.165, 1.54) is 38.5 Å². The quantitative estimate of drug-likeness (QED) is 0.332. The second kappa shape index (κ2) is 10.1. The summed E-state index contributed by atoms with van der Waals surface area (Å²) in [7, 11) is 2.82. The van der Waals surface area contributed by atoms with Gasteiger partial charge in [0, 0.05) is 5.56 Å². The van der Waals surface area contributed by atoms with Crippen LogP contribution in [0, 0.1) is 0 Å². The van der Waals surface area contributed by atoms with Crippen LogP contribution in [-0.2, 0) is 0 Å². The van der Waals surface area contributed by atoms with Crippen molar-refractivity contribution in [2.24, 2.45) is 0 Å². The third-order valence-corrected chi connectivity index (χ3v) is 3.64. The molecule has 0 spiro atoms. The first-order valence-electron chi connectivity index (χ1n) is 8.25. The van der Waals surface area contributed by atoms with Crippen molar-refractivity contribution in [2.45, 2.75) is 6.61 Å². The number of ketones is 1. The lowest BCUT2D eigenvalue weighted by molar-refractivity contribution is -0.0512. The molecule has 7 heteroatoms. The molecule has 0 atom stereocenters. The fourth-order valence-corrected chi connectivity index (χ4v) is 2.34. The van der Waals surface area contributed by atoms with Gasteiger partial charge in [-0.25, -0.2) is 0 Å². The molecule has 0 N–H and O–H groups in total. The van der Waals surface area contributed by atoms with Crippen LogP contribution in [0.5, 0.6) is 23.0 Å². The molecule has 0 unspecified atom stereocenters. The summed E-state index contributed by atoms with van der Waals surface area (Å²) in [6.07, 6.45) is 4.59. The van der Waals surface area contributed by atoms with E-state index < -0.39 is 6.61 Å². The molecule has 0 fully saturated rings. The number of ether oxygens (including phenoxy) is 4. The number of halogens is 2. The van der Waals surface area contributed by atoms with Crippen molar-refractivity contribution >= 4 is 11.9 Å². The van der Waals surface area contributed by atoms with E-state index in [9.17, 15) is 13.6 Å². The van der Waals surface area contributed by atoms with Crippen LogP contribution in [0.15, 0.2) is 55.1 Å². The summed E-state index contributed by atoms with van der Waals surface area (Å²) in [5.74, 6) is 0.660. The lowest BCUT2D eigenvalue weighted by atomic mass is 10.1. The minimum atomic E-state index is -2.98. The number of hydrogen-bond acceptors (Lipinski definition) is 5. The third-order valence-electron chi connectivity index (χ3n) is 3.64. The van der Waals surface area contributed by atoms with Crippen molar-refractivity contribution < 1.29 is 32.5 Å². The molecule has 0 aliphatic carbocycles. The molecule has 0 amide bonds. The number of rotatable bonds is 10. The SMILES string of the molecule is C=CCOc1ccc(/C=C/C(=O)c2ccc(OC(F)F)c(OC)c2)cc1OC.